The molecule has 2 heterocycles. The molecule has 1 atom stereocenters. The van der Waals surface area contributed by atoms with Crippen LogP contribution in [0.1, 0.15) is 45.0 Å². The van der Waals surface area contributed by atoms with Gasteiger partial charge in [0.1, 0.15) is 16.4 Å². The van der Waals surface area contributed by atoms with Crippen molar-refractivity contribution in [2.24, 2.45) is 0 Å². The summed E-state index contributed by atoms with van der Waals surface area (Å²) in [6, 6.07) is 8.08. The number of carbonyl (C=O) groups excluding carboxylic acids is 3. The molecule has 0 spiro atoms. The number of phenolic OH excluding ortho intramolecular Hbond substituents is 1. The third kappa shape index (κ3) is 4.56. The number of hydrogen-bond donors (Lipinski definition) is 2. The maximum atomic E-state index is 13.4. The maximum Gasteiger partial charge on any atom is 0.350 e. The highest BCUT2D eigenvalue weighted by Gasteiger charge is 2.48. The Morgan fingerprint density at radius 2 is 1.79 bits per heavy atom. The van der Waals surface area contributed by atoms with Crippen molar-refractivity contribution in [2.45, 2.75) is 26.8 Å². The Kier molecular flexibility index (Phi) is 7.40. The number of aryl methyl sites for hydroxylation is 2. The Balaban J connectivity index is 1.95. The Labute approximate surface area is 222 Å². The maximum absolute atomic E-state index is 13.4. The molecule has 2 aromatic carbocycles. The molecule has 0 radical (unpaired) electrons. The van der Waals surface area contributed by atoms with E-state index >= 15 is 0 Å². The van der Waals surface area contributed by atoms with Crippen LogP contribution in [0.3, 0.4) is 0 Å². The predicted octanol–water partition coefficient (Wildman–Crippen LogP) is 4.29. The summed E-state index contributed by atoms with van der Waals surface area (Å²) in [6.07, 6.45) is 0. The molecule has 2 N–H and O–H groups in total. The minimum atomic E-state index is -1.13. The van der Waals surface area contributed by atoms with E-state index in [4.69, 9.17) is 14.2 Å². The van der Waals surface area contributed by atoms with Crippen molar-refractivity contribution in [3.63, 3.8) is 0 Å². The van der Waals surface area contributed by atoms with Crippen molar-refractivity contribution in [2.75, 3.05) is 25.7 Å². The second kappa shape index (κ2) is 10.5. The van der Waals surface area contributed by atoms with Crippen LogP contribution in [0.25, 0.3) is 5.76 Å². The van der Waals surface area contributed by atoms with Crippen LogP contribution in [0.5, 0.6) is 17.2 Å². The molecular weight excluding hydrogens is 512 g/mol. The van der Waals surface area contributed by atoms with Crippen molar-refractivity contribution in [1.82, 2.24) is 4.98 Å². The number of hydrogen-bond acceptors (Lipinski definition) is 10. The molecule has 1 amide bonds. The van der Waals surface area contributed by atoms with E-state index in [0.29, 0.717) is 28.1 Å². The second-order valence-electron chi connectivity index (χ2n) is 8.42. The minimum Gasteiger partial charge on any atom is -0.507 e. The van der Waals surface area contributed by atoms with Crippen molar-refractivity contribution < 1.29 is 38.8 Å². The van der Waals surface area contributed by atoms with E-state index in [1.807, 2.05) is 0 Å². The number of aromatic nitrogens is 1. The number of aromatic hydroxyl groups is 1. The highest BCUT2D eigenvalue weighted by molar-refractivity contribution is 7.17. The lowest BCUT2D eigenvalue weighted by Crippen LogP contribution is -2.29. The minimum absolute atomic E-state index is 0.0784. The molecule has 3 aromatic rings. The summed E-state index contributed by atoms with van der Waals surface area (Å²) in [5.41, 5.74) is 1.54. The number of phenols is 1. The molecule has 1 saturated heterocycles. The Bertz CT molecular complexity index is 1480. The van der Waals surface area contributed by atoms with Gasteiger partial charge in [-0.1, -0.05) is 17.4 Å². The molecule has 1 aromatic heterocycles. The number of methoxy groups -OCH3 is 2. The number of thiazole rings is 1. The molecule has 0 aliphatic carbocycles. The fourth-order valence-corrected chi connectivity index (χ4v) is 5.25. The van der Waals surface area contributed by atoms with E-state index in [-0.39, 0.29) is 33.7 Å². The van der Waals surface area contributed by atoms with Crippen LogP contribution in [0, 0.1) is 13.8 Å². The first-order valence-electron chi connectivity index (χ1n) is 11.6. The van der Waals surface area contributed by atoms with Gasteiger partial charge in [-0.05, 0) is 62.2 Å². The third-order valence-corrected chi connectivity index (χ3v) is 7.22. The number of benzene rings is 2. The van der Waals surface area contributed by atoms with Gasteiger partial charge in [-0.25, -0.2) is 9.78 Å². The summed E-state index contributed by atoms with van der Waals surface area (Å²) >= 11 is 0.905. The van der Waals surface area contributed by atoms with Gasteiger partial charge >= 0.3 is 11.9 Å². The number of carbonyl (C=O) groups is 3. The van der Waals surface area contributed by atoms with Gasteiger partial charge in [0.2, 0.25) is 0 Å². The van der Waals surface area contributed by atoms with Crippen LogP contribution in [0.15, 0.2) is 42.0 Å². The van der Waals surface area contributed by atoms with E-state index in [2.05, 4.69) is 4.98 Å². The van der Waals surface area contributed by atoms with Gasteiger partial charge in [-0.15, -0.1) is 0 Å². The van der Waals surface area contributed by atoms with Crippen LogP contribution in [-0.4, -0.2) is 53.7 Å². The van der Waals surface area contributed by atoms with Crippen molar-refractivity contribution in [3.05, 3.63) is 69.2 Å². The predicted molar refractivity (Wildman–Crippen MR) is 140 cm³/mol. The van der Waals surface area contributed by atoms with Gasteiger partial charge in [0.05, 0.1) is 38.1 Å². The van der Waals surface area contributed by atoms with Gasteiger partial charge in [-0.2, -0.15) is 0 Å². The number of aliphatic hydroxyl groups is 1. The van der Waals surface area contributed by atoms with E-state index in [1.54, 1.807) is 39.0 Å². The van der Waals surface area contributed by atoms with E-state index in [0.717, 1.165) is 16.2 Å². The van der Waals surface area contributed by atoms with Crippen LogP contribution in [0.4, 0.5) is 5.13 Å². The molecule has 0 bridgehead atoms. The number of rotatable bonds is 7. The summed E-state index contributed by atoms with van der Waals surface area (Å²) in [6.45, 7) is 5.21. The lowest BCUT2D eigenvalue weighted by Gasteiger charge is -2.23. The number of anilines is 1. The number of amides is 1. The number of ether oxygens (including phenoxy) is 3. The molecule has 0 saturated carbocycles. The zero-order valence-corrected chi connectivity index (χ0v) is 22.2. The summed E-state index contributed by atoms with van der Waals surface area (Å²) in [5.74, 6) is -2.30. The standard InChI is InChI=1S/C27H26N2O8S/c1-6-37-26(34)24-14(3)28-27(38-24)29-21(15-7-9-17(30)19(12-15)36-5)20(23(32)25(29)33)22(31)16-8-10-18(35-4)13(2)11-16/h7-12,21,30-31H,6H2,1-5H3. The molecule has 10 nitrogen and oxygen atoms in total. The summed E-state index contributed by atoms with van der Waals surface area (Å²) in [4.78, 5) is 45.0. The van der Waals surface area contributed by atoms with Gasteiger partial charge < -0.3 is 24.4 Å². The number of nitrogens with zero attached hydrogens (tertiary/aromatic N) is 2. The number of aliphatic hydroxyl groups excluding tert-OH is 1. The van der Waals surface area contributed by atoms with E-state index in [9.17, 15) is 24.6 Å². The fraction of sp³-hybridized carbons (Fsp3) is 0.259. The largest absolute Gasteiger partial charge is 0.507 e. The second-order valence-corrected chi connectivity index (χ2v) is 9.39. The first kappa shape index (κ1) is 26.7. The smallest absolute Gasteiger partial charge is 0.350 e. The molecule has 11 heteroatoms. The van der Waals surface area contributed by atoms with Gasteiger partial charge in [-0.3, -0.25) is 14.5 Å². The van der Waals surface area contributed by atoms with Crippen molar-refractivity contribution in [1.29, 1.82) is 0 Å². The normalized spacial score (nSPS) is 16.6. The summed E-state index contributed by atoms with van der Waals surface area (Å²) in [5, 5.41) is 21.6. The first-order valence-corrected chi connectivity index (χ1v) is 12.4. The molecule has 1 unspecified atom stereocenters. The zero-order chi connectivity index (χ0) is 27.7. The number of esters is 1. The lowest BCUT2D eigenvalue weighted by atomic mass is 9.94. The average molecular weight is 539 g/mol. The monoisotopic (exact) mass is 538 g/mol. The summed E-state index contributed by atoms with van der Waals surface area (Å²) < 4.78 is 15.6. The Morgan fingerprint density at radius 3 is 2.42 bits per heavy atom. The molecule has 38 heavy (non-hydrogen) atoms. The van der Waals surface area contributed by atoms with Crippen LogP contribution < -0.4 is 14.4 Å². The molecular formula is C27H26N2O8S. The van der Waals surface area contributed by atoms with Gasteiger partial charge in [0.15, 0.2) is 16.6 Å². The highest BCUT2D eigenvalue weighted by atomic mass is 32.1. The SMILES string of the molecule is CCOC(=O)c1sc(N2C(=O)C(=O)C(=C(O)c3ccc(OC)c(C)c3)C2c2ccc(O)c(OC)c2)nc1C. The lowest BCUT2D eigenvalue weighted by molar-refractivity contribution is -0.132. The van der Waals surface area contributed by atoms with Crippen LogP contribution >= 0.6 is 11.3 Å². The van der Waals surface area contributed by atoms with Gasteiger partial charge in [0, 0.05) is 5.56 Å². The van der Waals surface area contributed by atoms with Crippen LogP contribution in [0.2, 0.25) is 0 Å². The summed E-state index contributed by atoms with van der Waals surface area (Å²) in [7, 11) is 2.89. The van der Waals surface area contributed by atoms with Gasteiger partial charge in [0.25, 0.3) is 5.78 Å². The number of Topliss-reactive ketones (excluding diaryl/α,β-unsaturated/α-hetero) is 1. The molecule has 1 aliphatic rings. The van der Waals surface area contributed by atoms with Crippen molar-refractivity contribution in [3.8, 4) is 17.2 Å². The topological polar surface area (TPSA) is 135 Å². The average Bonchev–Trinajstić information content (AvgIpc) is 3.40. The number of ketones is 1. The highest BCUT2D eigenvalue weighted by Crippen LogP contribution is 2.45. The molecule has 198 valence electrons. The first-order chi connectivity index (χ1) is 18.1. The Morgan fingerprint density at radius 1 is 1.08 bits per heavy atom. The van der Waals surface area contributed by atoms with Crippen LogP contribution in [-0.2, 0) is 14.3 Å². The van der Waals surface area contributed by atoms with E-state index < -0.39 is 29.5 Å². The van der Waals surface area contributed by atoms with E-state index in [1.165, 1.54) is 32.4 Å². The molecule has 4 rings (SSSR count). The quantitative estimate of drug-likeness (QED) is 0.195. The molecule has 1 fully saturated rings. The third-order valence-electron chi connectivity index (χ3n) is 6.08. The van der Waals surface area contributed by atoms with Crippen molar-refractivity contribution >= 4 is 39.9 Å². The fourth-order valence-electron chi connectivity index (χ4n) is 4.26. The zero-order valence-electron chi connectivity index (χ0n) is 21.4. The molecule has 1 aliphatic heterocycles. The Hall–Kier alpha value is -4.38.